The maximum atomic E-state index is 9.13. The summed E-state index contributed by atoms with van der Waals surface area (Å²) in [5.74, 6) is 1.38. The molecule has 1 aliphatic heterocycles. The van der Waals surface area contributed by atoms with Crippen LogP contribution in [0.25, 0.3) is 27.6 Å². The van der Waals surface area contributed by atoms with E-state index in [-0.39, 0.29) is 73.0 Å². The van der Waals surface area contributed by atoms with Gasteiger partial charge in [0.15, 0.2) is 0 Å². The van der Waals surface area contributed by atoms with Gasteiger partial charge in [-0.25, -0.2) is 4.98 Å². The molecule has 0 bridgehead atoms. The predicted molar refractivity (Wildman–Crippen MR) is 217 cm³/mol. The molecule has 7 heteroatoms. The van der Waals surface area contributed by atoms with Crippen LogP contribution in [0.5, 0.6) is 11.6 Å². The molecule has 0 saturated carbocycles. The van der Waals surface area contributed by atoms with Gasteiger partial charge < -0.3 is 9.30 Å². The van der Waals surface area contributed by atoms with Crippen LogP contribution in [0.1, 0.15) is 84.5 Å². The molecular formula is C47H45N5OPt+2. The zero-order chi connectivity index (χ0) is 40.8. The van der Waals surface area contributed by atoms with E-state index in [2.05, 4.69) is 103 Å². The summed E-state index contributed by atoms with van der Waals surface area (Å²) < 4.78 is 47.6. The second-order valence-corrected chi connectivity index (χ2v) is 16.7. The largest absolute Gasteiger partial charge is 2.00 e. The predicted octanol–water partition coefficient (Wildman–Crippen LogP) is 11.7. The molecule has 4 aromatic carbocycles. The molecule has 4 heterocycles. The molecule has 8 rings (SSSR count). The van der Waals surface area contributed by atoms with Gasteiger partial charge in [0.1, 0.15) is 17.4 Å². The molecule has 0 amide bonds. The molecule has 0 unspecified atom stereocenters. The molecule has 0 saturated heterocycles. The molecule has 0 spiro atoms. The number of ether oxygens (including phenoxy) is 1. The van der Waals surface area contributed by atoms with E-state index in [0.717, 1.165) is 50.0 Å². The number of benzene rings is 4. The fourth-order valence-corrected chi connectivity index (χ4v) is 6.79. The summed E-state index contributed by atoms with van der Waals surface area (Å²) in [5.41, 5.74) is 6.01. The molecule has 1 aliphatic rings. The third kappa shape index (κ3) is 6.74. The molecule has 0 atom stereocenters. The van der Waals surface area contributed by atoms with Crippen LogP contribution in [0.3, 0.4) is 0 Å². The van der Waals surface area contributed by atoms with Crippen molar-refractivity contribution in [1.82, 2.24) is 23.7 Å². The summed E-state index contributed by atoms with van der Waals surface area (Å²) in [7, 11) is 0. The van der Waals surface area contributed by atoms with E-state index in [9.17, 15) is 0 Å². The summed E-state index contributed by atoms with van der Waals surface area (Å²) in [6.45, 7) is 19.2. The van der Waals surface area contributed by atoms with Gasteiger partial charge in [0, 0.05) is 41.2 Å². The van der Waals surface area contributed by atoms with Gasteiger partial charge >= 0.3 is 27.1 Å². The van der Waals surface area contributed by atoms with Crippen molar-refractivity contribution in [3.63, 3.8) is 0 Å². The van der Waals surface area contributed by atoms with Gasteiger partial charge in [0.25, 0.3) is 11.4 Å². The Morgan fingerprint density at radius 1 is 0.704 bits per heavy atom. The van der Waals surface area contributed by atoms with Crippen molar-refractivity contribution in [2.45, 2.75) is 78.6 Å². The monoisotopic (exact) mass is 894 g/mol. The topological polar surface area (TPSA) is 46.0 Å². The van der Waals surface area contributed by atoms with E-state index >= 15 is 0 Å². The van der Waals surface area contributed by atoms with Gasteiger partial charge in [-0.15, -0.1) is 22.5 Å². The first kappa shape index (κ1) is 32.3. The molecule has 0 aliphatic carbocycles. The van der Waals surface area contributed by atoms with E-state index in [0.29, 0.717) is 17.1 Å². The number of rotatable bonds is 5. The van der Waals surface area contributed by atoms with Crippen molar-refractivity contribution in [1.29, 1.82) is 0 Å². The molecular weight excluding hydrogens is 846 g/mol. The third-order valence-corrected chi connectivity index (χ3v) is 9.68. The van der Waals surface area contributed by atoms with Gasteiger partial charge in [-0.1, -0.05) is 133 Å². The van der Waals surface area contributed by atoms with Crippen molar-refractivity contribution in [2.24, 2.45) is 0 Å². The minimum Gasteiger partial charge on any atom is -0.484 e. The Hall–Kier alpha value is -5.15. The van der Waals surface area contributed by atoms with Crippen molar-refractivity contribution in [3.05, 3.63) is 138 Å². The number of hydrogen-bond donors (Lipinski definition) is 0. The minimum absolute atomic E-state index is 0. The summed E-state index contributed by atoms with van der Waals surface area (Å²) >= 11 is 0. The summed E-state index contributed by atoms with van der Waals surface area (Å²) in [4.78, 5) is 9.53. The van der Waals surface area contributed by atoms with Gasteiger partial charge in [-0.2, -0.15) is 6.07 Å². The molecule has 54 heavy (non-hydrogen) atoms. The number of nitrogens with zero attached hydrogens (tertiary/aromatic N) is 5. The van der Waals surface area contributed by atoms with Crippen LogP contribution in [0.15, 0.2) is 109 Å². The number of fused-ring (bicyclic) bond motifs is 4. The Labute approximate surface area is 338 Å². The molecule has 0 fully saturated rings. The Balaban J connectivity index is 0.00000512. The van der Waals surface area contributed by atoms with Crippen LogP contribution in [-0.4, -0.2) is 20.5 Å². The fourth-order valence-electron chi connectivity index (χ4n) is 6.79. The average Bonchev–Trinajstić information content (AvgIpc) is 3.72. The maximum Gasteiger partial charge on any atom is 2.00 e. The van der Waals surface area contributed by atoms with Crippen molar-refractivity contribution < 1.29 is 31.3 Å². The Morgan fingerprint density at radius 3 is 2.11 bits per heavy atom. The fraction of sp³-hybridized carbons (Fsp3) is 0.255. The molecule has 3 aromatic heterocycles. The number of hydrogen-bond acceptors (Lipinski definition) is 3. The van der Waals surface area contributed by atoms with E-state index in [4.69, 9.17) is 20.2 Å². The van der Waals surface area contributed by atoms with Gasteiger partial charge in [-0.05, 0) is 50.8 Å². The maximum absolute atomic E-state index is 9.13. The first-order valence-electron chi connectivity index (χ1n) is 19.9. The molecule has 0 radical (unpaired) electrons. The van der Waals surface area contributed by atoms with E-state index in [1.165, 1.54) is 0 Å². The zero-order valence-electron chi connectivity index (χ0n) is 36.0. The summed E-state index contributed by atoms with van der Waals surface area (Å²) in [6, 6.07) is 33.5. The van der Waals surface area contributed by atoms with Crippen LogP contribution < -0.4 is 13.9 Å². The zero-order valence-corrected chi connectivity index (χ0v) is 34.3. The van der Waals surface area contributed by atoms with Gasteiger partial charge in [0.05, 0.1) is 5.48 Å². The average molecular weight is 895 g/mol. The minimum atomic E-state index is -0.337. The van der Waals surface area contributed by atoms with Crippen molar-refractivity contribution >= 4 is 50.6 Å². The van der Waals surface area contributed by atoms with Gasteiger partial charge in [-0.3, -0.25) is 4.98 Å². The van der Waals surface area contributed by atoms with E-state index in [1.807, 2.05) is 60.8 Å². The second kappa shape index (κ2) is 13.6. The number of aromatic nitrogens is 3. The van der Waals surface area contributed by atoms with Crippen LogP contribution >= 0.6 is 0 Å². The SMILES string of the molecule is [2H]c1c([2H])c([2H])c2c(c1[2H])[N+](c1[c-]c(Oc3[c-]c4c(cn3)c3ccccc3n4-c3cc(C(C)(C)C)ccn3)cc(C(C)(C)C)c1)=C=[N+]2c1ccccc1C(C)(C)C.[Pt+2]. The Kier molecular flexibility index (Phi) is 8.14. The van der Waals surface area contributed by atoms with Crippen LogP contribution in [0, 0.1) is 12.1 Å². The quantitative estimate of drug-likeness (QED) is 0.128. The van der Waals surface area contributed by atoms with Gasteiger partial charge in [0.2, 0.25) is 5.69 Å². The number of pyridine rings is 2. The molecule has 7 aromatic rings. The standard InChI is InChI=1S/C47H45N5O.Pt/c1-45(2,3)31-22-23-48-43(26-31)52-38-18-12-10-16-35(38)36-29-49-44(28-42(36)52)53-34-25-32(46(4,5)6)24-33(27-34)50-30-51(41-21-15-14-20-40(41)50)39-19-13-11-17-37(39)47(7,8)9;/h10-26,29H,1-9H3;/q;+2/i14D,15D,20D,21D;. The molecule has 6 nitrogen and oxygen atoms in total. The summed E-state index contributed by atoms with van der Waals surface area (Å²) in [6.07, 6.45) is 3.65. The second-order valence-electron chi connectivity index (χ2n) is 16.7. The Bertz CT molecular complexity index is 2870. The summed E-state index contributed by atoms with van der Waals surface area (Å²) in [5, 5.41) is 1.94. The smallest absolute Gasteiger partial charge is 0.484 e. The molecule has 272 valence electrons. The van der Waals surface area contributed by atoms with E-state index < -0.39 is 0 Å². The normalized spacial score (nSPS) is 14.1. The van der Waals surface area contributed by atoms with Crippen LogP contribution in [0.4, 0.5) is 22.7 Å². The van der Waals surface area contributed by atoms with Crippen LogP contribution in [-0.2, 0) is 37.3 Å². The third-order valence-electron chi connectivity index (χ3n) is 9.68. The molecule has 0 N–H and O–H groups in total. The van der Waals surface area contributed by atoms with Crippen LogP contribution in [0.2, 0.25) is 0 Å². The van der Waals surface area contributed by atoms with Crippen molar-refractivity contribution in [2.75, 3.05) is 0 Å². The van der Waals surface area contributed by atoms with Crippen molar-refractivity contribution in [3.8, 4) is 17.4 Å². The van der Waals surface area contributed by atoms with E-state index in [1.54, 1.807) is 15.3 Å². The Morgan fingerprint density at radius 2 is 1.39 bits per heavy atom. The first-order chi connectivity index (χ1) is 26.8. The first-order valence-corrected chi connectivity index (χ1v) is 17.9. The number of para-hydroxylation sites is 4.